The van der Waals surface area contributed by atoms with Gasteiger partial charge < -0.3 is 5.32 Å². The summed E-state index contributed by atoms with van der Waals surface area (Å²) in [7, 11) is 0. The van der Waals surface area contributed by atoms with Gasteiger partial charge in [-0.3, -0.25) is 14.7 Å². The fourth-order valence-electron chi connectivity index (χ4n) is 2.50. The van der Waals surface area contributed by atoms with Crippen molar-refractivity contribution in [3.63, 3.8) is 0 Å². The van der Waals surface area contributed by atoms with Crippen LogP contribution in [0.15, 0.2) is 53.0 Å². The Kier molecular flexibility index (Phi) is 6.83. The highest BCUT2D eigenvalue weighted by atomic mass is 32.2. The summed E-state index contributed by atoms with van der Waals surface area (Å²) in [4.78, 5) is 24.9. The van der Waals surface area contributed by atoms with Crippen molar-refractivity contribution < 1.29 is 9.59 Å². The quantitative estimate of drug-likeness (QED) is 0.578. The molecule has 0 aliphatic rings. The molecule has 0 radical (unpaired) electrons. The monoisotopic (exact) mass is 415 g/mol. The SMILES string of the molecule is CCNC(=O)NC(=O)C(C)Sc1nnc(-c2cccs2)n1Cc1ccccc1. The first kappa shape index (κ1) is 20.1. The molecular formula is C19H21N5O2S2. The summed E-state index contributed by atoms with van der Waals surface area (Å²) in [6.07, 6.45) is 0. The lowest BCUT2D eigenvalue weighted by Gasteiger charge is -2.13. The lowest BCUT2D eigenvalue weighted by molar-refractivity contribution is -0.119. The summed E-state index contributed by atoms with van der Waals surface area (Å²) in [6, 6.07) is 13.5. The van der Waals surface area contributed by atoms with E-state index in [-0.39, 0.29) is 5.91 Å². The molecule has 0 fully saturated rings. The highest BCUT2D eigenvalue weighted by Gasteiger charge is 2.22. The first-order chi connectivity index (χ1) is 13.6. The van der Waals surface area contributed by atoms with Gasteiger partial charge in [0.15, 0.2) is 11.0 Å². The van der Waals surface area contributed by atoms with Crippen LogP contribution < -0.4 is 10.6 Å². The average Bonchev–Trinajstić information content (AvgIpc) is 3.33. The van der Waals surface area contributed by atoms with Gasteiger partial charge in [-0.2, -0.15) is 0 Å². The van der Waals surface area contributed by atoms with Crippen LogP contribution in [0.25, 0.3) is 10.7 Å². The predicted molar refractivity (Wildman–Crippen MR) is 111 cm³/mol. The van der Waals surface area contributed by atoms with Gasteiger partial charge in [0, 0.05) is 6.54 Å². The van der Waals surface area contributed by atoms with Gasteiger partial charge in [0.2, 0.25) is 5.91 Å². The van der Waals surface area contributed by atoms with Crippen LogP contribution in [0.3, 0.4) is 0 Å². The number of thioether (sulfide) groups is 1. The number of rotatable bonds is 7. The van der Waals surface area contributed by atoms with Gasteiger partial charge in [-0.15, -0.1) is 21.5 Å². The minimum atomic E-state index is -0.502. The summed E-state index contributed by atoms with van der Waals surface area (Å²) >= 11 is 2.87. The van der Waals surface area contributed by atoms with Gasteiger partial charge >= 0.3 is 6.03 Å². The van der Waals surface area contributed by atoms with E-state index in [1.165, 1.54) is 11.8 Å². The zero-order valence-electron chi connectivity index (χ0n) is 15.6. The van der Waals surface area contributed by atoms with Gasteiger partial charge in [0.05, 0.1) is 16.7 Å². The fraction of sp³-hybridized carbons (Fsp3) is 0.263. The summed E-state index contributed by atoms with van der Waals surface area (Å²) in [5, 5.41) is 15.7. The maximum atomic E-state index is 12.3. The molecule has 2 heterocycles. The molecule has 0 saturated carbocycles. The number of aromatic nitrogens is 3. The number of benzene rings is 1. The van der Waals surface area contributed by atoms with Gasteiger partial charge in [-0.25, -0.2) is 4.79 Å². The third-order valence-corrected chi connectivity index (χ3v) is 5.81. The molecule has 0 spiro atoms. The average molecular weight is 416 g/mol. The normalized spacial score (nSPS) is 11.8. The van der Waals surface area contributed by atoms with Crippen molar-refractivity contribution in [1.82, 2.24) is 25.4 Å². The Bertz CT molecular complexity index is 925. The molecule has 0 bridgehead atoms. The first-order valence-corrected chi connectivity index (χ1v) is 10.6. The maximum Gasteiger partial charge on any atom is 0.321 e. The first-order valence-electron chi connectivity index (χ1n) is 8.84. The molecule has 0 aliphatic heterocycles. The zero-order valence-corrected chi connectivity index (χ0v) is 17.2. The molecule has 1 unspecified atom stereocenters. The minimum Gasteiger partial charge on any atom is -0.338 e. The van der Waals surface area contributed by atoms with E-state index in [2.05, 4.69) is 20.8 Å². The second kappa shape index (κ2) is 9.52. The van der Waals surface area contributed by atoms with Crippen molar-refractivity contribution in [1.29, 1.82) is 0 Å². The van der Waals surface area contributed by atoms with Crippen LogP contribution >= 0.6 is 23.1 Å². The van der Waals surface area contributed by atoms with Gasteiger partial charge in [0.1, 0.15) is 0 Å². The number of carbonyl (C=O) groups excluding carboxylic acids is 2. The zero-order chi connectivity index (χ0) is 19.9. The summed E-state index contributed by atoms with van der Waals surface area (Å²) in [6.45, 7) is 4.58. The summed E-state index contributed by atoms with van der Waals surface area (Å²) in [5.74, 6) is 0.389. The van der Waals surface area contributed by atoms with E-state index in [0.29, 0.717) is 18.2 Å². The van der Waals surface area contributed by atoms with Crippen LogP contribution in [0.1, 0.15) is 19.4 Å². The molecule has 3 amide bonds. The number of urea groups is 1. The number of carbonyl (C=O) groups is 2. The number of thiophene rings is 1. The van der Waals surface area contributed by atoms with E-state index in [1.807, 2.05) is 52.4 Å². The molecular weight excluding hydrogens is 394 g/mol. The lowest BCUT2D eigenvalue weighted by Crippen LogP contribution is -2.42. The van der Waals surface area contributed by atoms with Crippen LogP contribution in [0, 0.1) is 0 Å². The van der Waals surface area contributed by atoms with E-state index in [4.69, 9.17) is 0 Å². The molecule has 1 aromatic carbocycles. The Morgan fingerprint density at radius 3 is 2.64 bits per heavy atom. The lowest BCUT2D eigenvalue weighted by atomic mass is 10.2. The van der Waals surface area contributed by atoms with Crippen molar-refractivity contribution >= 4 is 35.0 Å². The molecule has 28 heavy (non-hydrogen) atoms. The Labute approximate surface area is 171 Å². The number of hydrogen-bond acceptors (Lipinski definition) is 6. The number of nitrogens with one attached hydrogen (secondary N) is 2. The van der Waals surface area contributed by atoms with E-state index >= 15 is 0 Å². The molecule has 1 atom stereocenters. The van der Waals surface area contributed by atoms with Crippen LogP contribution in [-0.2, 0) is 11.3 Å². The summed E-state index contributed by atoms with van der Waals surface area (Å²) in [5.41, 5.74) is 1.11. The molecule has 2 aromatic heterocycles. The van der Waals surface area contributed by atoms with Crippen molar-refractivity contribution in [2.75, 3.05) is 6.54 Å². The van der Waals surface area contributed by atoms with E-state index < -0.39 is 11.3 Å². The van der Waals surface area contributed by atoms with Gasteiger partial charge in [-0.05, 0) is 30.9 Å². The van der Waals surface area contributed by atoms with E-state index in [1.54, 1.807) is 25.2 Å². The standard InChI is InChI=1S/C19H21N5O2S2/c1-3-20-18(26)21-17(25)13(2)28-19-23-22-16(15-10-7-11-27-15)24(19)12-14-8-5-4-6-9-14/h4-11,13H,3,12H2,1-2H3,(H2,20,21,25,26). The molecule has 0 saturated heterocycles. The molecule has 3 rings (SSSR count). The van der Waals surface area contributed by atoms with Crippen LogP contribution in [0.2, 0.25) is 0 Å². The number of imide groups is 1. The molecule has 146 valence electrons. The van der Waals surface area contributed by atoms with Gasteiger partial charge in [-0.1, -0.05) is 48.2 Å². The molecule has 7 nitrogen and oxygen atoms in total. The Hall–Kier alpha value is -2.65. The van der Waals surface area contributed by atoms with Crippen LogP contribution in [-0.4, -0.2) is 38.5 Å². The van der Waals surface area contributed by atoms with Gasteiger partial charge in [0.25, 0.3) is 0 Å². The smallest absolute Gasteiger partial charge is 0.321 e. The second-order valence-electron chi connectivity index (χ2n) is 5.96. The minimum absolute atomic E-state index is 0.372. The van der Waals surface area contributed by atoms with Crippen molar-refractivity contribution in [2.24, 2.45) is 0 Å². The largest absolute Gasteiger partial charge is 0.338 e. The van der Waals surface area contributed by atoms with E-state index in [9.17, 15) is 9.59 Å². The van der Waals surface area contributed by atoms with Crippen molar-refractivity contribution in [3.8, 4) is 10.7 Å². The molecule has 2 N–H and O–H groups in total. The number of hydrogen-bond donors (Lipinski definition) is 2. The maximum absolute atomic E-state index is 12.3. The van der Waals surface area contributed by atoms with E-state index in [0.717, 1.165) is 16.3 Å². The van der Waals surface area contributed by atoms with Crippen molar-refractivity contribution in [2.45, 2.75) is 30.8 Å². The van der Waals surface area contributed by atoms with Crippen molar-refractivity contribution in [3.05, 3.63) is 53.4 Å². The third kappa shape index (κ3) is 4.99. The Balaban J connectivity index is 1.82. The predicted octanol–water partition coefficient (Wildman–Crippen LogP) is 3.38. The summed E-state index contributed by atoms with van der Waals surface area (Å²) < 4.78 is 2.00. The third-order valence-electron chi connectivity index (χ3n) is 3.87. The molecule has 9 heteroatoms. The molecule has 3 aromatic rings. The second-order valence-corrected chi connectivity index (χ2v) is 8.22. The van der Waals surface area contributed by atoms with Crippen LogP contribution in [0.5, 0.6) is 0 Å². The topological polar surface area (TPSA) is 88.9 Å². The number of nitrogens with zero attached hydrogens (tertiary/aromatic N) is 3. The Morgan fingerprint density at radius 1 is 1.18 bits per heavy atom. The van der Waals surface area contributed by atoms with Crippen LogP contribution in [0.4, 0.5) is 4.79 Å². The highest BCUT2D eigenvalue weighted by molar-refractivity contribution is 8.00. The highest BCUT2D eigenvalue weighted by Crippen LogP contribution is 2.30. The molecule has 0 aliphatic carbocycles. The number of amides is 3. The Morgan fingerprint density at radius 2 is 1.96 bits per heavy atom. The fourth-order valence-corrected chi connectivity index (χ4v) is 4.07.